The summed E-state index contributed by atoms with van der Waals surface area (Å²) < 4.78 is 19.9. The zero-order chi connectivity index (χ0) is 35.1. The van der Waals surface area contributed by atoms with E-state index in [1.807, 2.05) is 18.2 Å². The molecule has 0 amide bonds. The van der Waals surface area contributed by atoms with Gasteiger partial charge in [0, 0.05) is 73.3 Å². The summed E-state index contributed by atoms with van der Waals surface area (Å²) in [5.74, 6) is 1.12. The van der Waals surface area contributed by atoms with Crippen LogP contribution in [0.5, 0.6) is 11.5 Å². The minimum atomic E-state index is -0.808. The van der Waals surface area contributed by atoms with Crippen LogP contribution in [-0.4, -0.2) is 65.1 Å². The maximum absolute atomic E-state index is 9.98. The molecule has 1 unspecified atom stereocenters. The van der Waals surface area contributed by atoms with Crippen molar-refractivity contribution in [3.8, 4) is 17.6 Å². The smallest absolute Gasteiger partial charge is 0.141 e. The van der Waals surface area contributed by atoms with E-state index in [0.29, 0.717) is 41.8 Å². The van der Waals surface area contributed by atoms with Gasteiger partial charge in [-0.3, -0.25) is 4.98 Å². The Bertz CT molecular complexity index is 1680. The molecule has 1 aliphatic heterocycles. The molecule has 2 atom stereocenters. The molecular weight excluding hydrogens is 636 g/mol. The summed E-state index contributed by atoms with van der Waals surface area (Å²) in [5, 5.41) is 23.3. The number of allylic oxidation sites excluding steroid dienone is 2. The highest BCUT2D eigenvalue weighted by Gasteiger charge is 2.49. The number of aliphatic hydroxyl groups is 1. The molecule has 0 saturated carbocycles. The third-order valence-electron chi connectivity index (χ3n) is 9.35. The van der Waals surface area contributed by atoms with Crippen LogP contribution in [0.1, 0.15) is 69.7 Å². The van der Waals surface area contributed by atoms with Crippen LogP contribution in [-0.2, 0) is 17.9 Å². The molecule has 2 heterocycles. The Balaban J connectivity index is 1.40. The van der Waals surface area contributed by atoms with Crippen LogP contribution >= 0.6 is 11.6 Å². The number of nitriles is 1. The van der Waals surface area contributed by atoms with E-state index in [0.717, 1.165) is 48.2 Å². The first-order valence-electron chi connectivity index (χ1n) is 17.1. The van der Waals surface area contributed by atoms with E-state index in [4.69, 9.17) is 25.8 Å². The van der Waals surface area contributed by atoms with Crippen LogP contribution in [0.15, 0.2) is 79.2 Å². The maximum Gasteiger partial charge on any atom is 0.141 e. The second kappa shape index (κ2) is 15.9. The first kappa shape index (κ1) is 36.6. The Morgan fingerprint density at radius 2 is 1.90 bits per heavy atom. The molecule has 9 heteroatoms. The molecule has 1 saturated heterocycles. The number of rotatable bonds is 14. The van der Waals surface area contributed by atoms with Crippen molar-refractivity contribution >= 4 is 17.2 Å². The number of pyridine rings is 1. The molecule has 2 N–H and O–H groups in total. The zero-order valence-corrected chi connectivity index (χ0v) is 30.1. The van der Waals surface area contributed by atoms with Gasteiger partial charge in [-0.05, 0) is 63.0 Å². The van der Waals surface area contributed by atoms with Gasteiger partial charge in [-0.15, -0.1) is 0 Å². The van der Waals surface area contributed by atoms with E-state index < -0.39 is 11.0 Å². The first-order chi connectivity index (χ1) is 23.4. The van der Waals surface area contributed by atoms with E-state index in [2.05, 4.69) is 98.4 Å². The van der Waals surface area contributed by atoms with Crippen LogP contribution in [0.2, 0.25) is 5.02 Å². The highest BCUT2D eigenvalue weighted by atomic mass is 35.5. The third kappa shape index (κ3) is 9.30. The lowest BCUT2D eigenvalue weighted by Gasteiger charge is -2.47. The zero-order valence-electron chi connectivity index (χ0n) is 29.3. The number of ether oxygens (including phenoxy) is 3. The van der Waals surface area contributed by atoms with Crippen molar-refractivity contribution in [2.24, 2.45) is 5.41 Å². The van der Waals surface area contributed by atoms with Gasteiger partial charge >= 0.3 is 0 Å². The SMILES string of the molecule is CC(C)(C)NCc1cc(Cl)c(OC[C@@]2(OCCCN3CCC(O)C3)C=CC=C(c3ccccc3)C2(C)C)cc1OCc1cncc(C#N)c1. The van der Waals surface area contributed by atoms with E-state index in [9.17, 15) is 10.4 Å². The minimum absolute atomic E-state index is 0.120. The van der Waals surface area contributed by atoms with Crippen LogP contribution in [0, 0.1) is 16.7 Å². The van der Waals surface area contributed by atoms with Gasteiger partial charge in [-0.1, -0.05) is 67.9 Å². The van der Waals surface area contributed by atoms with E-state index >= 15 is 0 Å². The van der Waals surface area contributed by atoms with Crippen molar-refractivity contribution in [3.05, 3.63) is 106 Å². The molecule has 0 radical (unpaired) electrons. The number of β-amino-alcohol motifs (C(OH)–C–C–N with tert-alkyl or cyclic N) is 1. The summed E-state index contributed by atoms with van der Waals surface area (Å²) in [5.41, 5.74) is 3.06. The second-order valence-electron chi connectivity index (χ2n) is 14.5. The number of aromatic nitrogens is 1. The van der Waals surface area contributed by atoms with Gasteiger partial charge in [0.15, 0.2) is 0 Å². The largest absolute Gasteiger partial charge is 0.488 e. The summed E-state index contributed by atoms with van der Waals surface area (Å²) >= 11 is 6.93. The van der Waals surface area contributed by atoms with Crippen LogP contribution in [0.3, 0.4) is 0 Å². The molecule has 0 spiro atoms. The first-order valence-corrected chi connectivity index (χ1v) is 17.4. The fourth-order valence-corrected chi connectivity index (χ4v) is 6.61. The molecule has 2 aromatic carbocycles. The Morgan fingerprint density at radius 1 is 1.10 bits per heavy atom. The van der Waals surface area contributed by atoms with Gasteiger partial charge in [-0.2, -0.15) is 5.26 Å². The van der Waals surface area contributed by atoms with Crippen molar-refractivity contribution in [2.75, 3.05) is 32.8 Å². The number of nitrogens with one attached hydrogen (secondary N) is 1. The predicted molar refractivity (Wildman–Crippen MR) is 195 cm³/mol. The molecule has 5 rings (SSSR count). The number of nitrogens with zero attached hydrogens (tertiary/aromatic N) is 3. The van der Waals surface area contributed by atoms with E-state index in [1.165, 1.54) is 6.20 Å². The standard InChI is InChI=1S/C40H49ClN4O4/c1-38(2,3)44-25-32-20-35(41)37(21-36(32)47-27-30-19-29(22-42)23-43-24-30)48-28-40(49-18-10-16-45-17-14-33(46)26-45)15-9-13-34(39(40,4)5)31-11-7-6-8-12-31/h6-9,11-13,15,19-21,23-24,33,44,46H,10,14,16-18,25-28H2,1-5H3/t33?,40-/m0/s1. The van der Waals surface area contributed by atoms with Gasteiger partial charge in [-0.25, -0.2) is 0 Å². The number of halogens is 1. The van der Waals surface area contributed by atoms with Gasteiger partial charge in [0.2, 0.25) is 0 Å². The monoisotopic (exact) mass is 684 g/mol. The molecule has 1 aliphatic carbocycles. The molecule has 1 aromatic heterocycles. The number of hydrogen-bond donors (Lipinski definition) is 2. The Morgan fingerprint density at radius 3 is 2.61 bits per heavy atom. The van der Waals surface area contributed by atoms with Crippen molar-refractivity contribution < 1.29 is 19.3 Å². The van der Waals surface area contributed by atoms with Crippen molar-refractivity contribution in [1.29, 1.82) is 5.26 Å². The molecule has 2 aliphatic rings. The molecule has 8 nitrogen and oxygen atoms in total. The minimum Gasteiger partial charge on any atom is -0.488 e. The Hall–Kier alpha value is -3.71. The predicted octanol–water partition coefficient (Wildman–Crippen LogP) is 7.34. The van der Waals surface area contributed by atoms with Crippen LogP contribution in [0.25, 0.3) is 5.57 Å². The number of hydrogen-bond acceptors (Lipinski definition) is 8. The molecule has 49 heavy (non-hydrogen) atoms. The number of benzene rings is 2. The molecule has 260 valence electrons. The van der Waals surface area contributed by atoms with E-state index in [-0.39, 0.29) is 24.9 Å². The molecular formula is C40H49ClN4O4. The average Bonchev–Trinajstić information content (AvgIpc) is 3.50. The van der Waals surface area contributed by atoms with Crippen molar-refractivity contribution in [2.45, 2.75) is 77.9 Å². The fraction of sp³-hybridized carbons (Fsp3) is 0.450. The summed E-state index contributed by atoms with van der Waals surface area (Å²) in [6.07, 6.45) is 11.0. The Labute approximate surface area is 296 Å². The quantitative estimate of drug-likeness (QED) is 0.170. The summed E-state index contributed by atoms with van der Waals surface area (Å²) in [6, 6.07) is 18.0. The summed E-state index contributed by atoms with van der Waals surface area (Å²) in [6.45, 7) is 14.7. The summed E-state index contributed by atoms with van der Waals surface area (Å²) in [4.78, 5) is 6.47. The normalized spacial score (nSPS) is 20.5. The molecule has 1 fully saturated rings. The number of aliphatic hydroxyl groups excluding tert-OH is 1. The lowest BCUT2D eigenvalue weighted by molar-refractivity contribution is -0.0926. The lowest BCUT2D eigenvalue weighted by Crippen LogP contribution is -2.52. The van der Waals surface area contributed by atoms with Crippen LogP contribution in [0.4, 0.5) is 0 Å². The third-order valence-corrected chi connectivity index (χ3v) is 9.65. The van der Waals surface area contributed by atoms with Gasteiger partial charge in [0.1, 0.15) is 36.4 Å². The fourth-order valence-electron chi connectivity index (χ4n) is 6.37. The average molecular weight is 685 g/mol. The van der Waals surface area contributed by atoms with Gasteiger partial charge < -0.3 is 29.5 Å². The van der Waals surface area contributed by atoms with Gasteiger partial charge in [0.25, 0.3) is 0 Å². The van der Waals surface area contributed by atoms with Crippen LogP contribution < -0.4 is 14.8 Å². The Kier molecular flexibility index (Phi) is 11.9. The van der Waals surface area contributed by atoms with Crippen molar-refractivity contribution in [1.82, 2.24) is 15.2 Å². The van der Waals surface area contributed by atoms with Gasteiger partial charge in [0.05, 0.1) is 16.7 Å². The van der Waals surface area contributed by atoms with Crippen molar-refractivity contribution in [3.63, 3.8) is 0 Å². The lowest BCUT2D eigenvalue weighted by atomic mass is 9.65. The molecule has 3 aromatic rings. The maximum atomic E-state index is 9.98. The number of likely N-dealkylation sites (tertiary alicyclic amines) is 1. The summed E-state index contributed by atoms with van der Waals surface area (Å²) in [7, 11) is 0. The highest BCUT2D eigenvalue weighted by molar-refractivity contribution is 6.32. The topological polar surface area (TPSA) is 99.9 Å². The molecule has 0 bridgehead atoms. The highest BCUT2D eigenvalue weighted by Crippen LogP contribution is 2.49. The second-order valence-corrected chi connectivity index (χ2v) is 14.9. The van der Waals surface area contributed by atoms with E-state index in [1.54, 1.807) is 12.3 Å².